The zero-order valence-corrected chi connectivity index (χ0v) is 31.6. The zero-order valence-electron chi connectivity index (χ0n) is 30.7. The van der Waals surface area contributed by atoms with E-state index in [0.717, 1.165) is 25.7 Å². The third kappa shape index (κ3) is 8.53. The molecule has 0 radical (unpaired) electrons. The Morgan fingerprint density at radius 2 is 1.67 bits per heavy atom. The fourth-order valence-corrected chi connectivity index (χ4v) is 12.3. The lowest BCUT2D eigenvalue weighted by Crippen LogP contribution is -2.59. The van der Waals surface area contributed by atoms with Gasteiger partial charge in [-0.1, -0.05) is 20.8 Å². The molecule has 0 amide bonds. The fourth-order valence-electron chi connectivity index (χ4n) is 10.8. The highest BCUT2D eigenvalue weighted by Gasteiger charge is 2.65. The molecule has 1 aromatic rings. The molecule has 2 N–H and O–H groups in total. The summed E-state index contributed by atoms with van der Waals surface area (Å²) in [5, 5.41) is 24.3. The first-order valence-corrected chi connectivity index (χ1v) is 20.2. The number of halogens is 3. The number of benzene rings is 1. The van der Waals surface area contributed by atoms with Crippen molar-refractivity contribution in [3.63, 3.8) is 0 Å². The van der Waals surface area contributed by atoms with Gasteiger partial charge in [-0.15, -0.1) is 0 Å². The molecule has 288 valence electrons. The Morgan fingerprint density at radius 3 is 2.29 bits per heavy atom. The van der Waals surface area contributed by atoms with E-state index in [9.17, 15) is 37.8 Å². The van der Waals surface area contributed by atoms with E-state index in [2.05, 4.69) is 25.9 Å². The van der Waals surface area contributed by atoms with Gasteiger partial charge in [0, 0.05) is 12.1 Å². The predicted molar refractivity (Wildman–Crippen MR) is 186 cm³/mol. The number of carbonyl (C=O) groups is 1. The van der Waals surface area contributed by atoms with E-state index in [-0.39, 0.29) is 84.4 Å². The number of ether oxygens (including phenoxy) is 1. The van der Waals surface area contributed by atoms with Gasteiger partial charge < -0.3 is 14.4 Å². The Kier molecular flexibility index (Phi) is 12.1. The Hall–Kier alpha value is -2.05. The van der Waals surface area contributed by atoms with Crippen LogP contribution < -0.4 is 9.61 Å². The number of ketones is 1. The highest BCUT2D eigenvalue weighted by Crippen LogP contribution is 2.70. The molecule has 12 atom stereocenters. The van der Waals surface area contributed by atoms with Gasteiger partial charge in [0.25, 0.3) is 5.69 Å². The van der Waals surface area contributed by atoms with E-state index in [0.29, 0.717) is 19.3 Å². The average molecular weight is 745 g/mol. The van der Waals surface area contributed by atoms with Crippen LogP contribution in [0.3, 0.4) is 0 Å². The van der Waals surface area contributed by atoms with Crippen molar-refractivity contribution in [2.45, 2.75) is 124 Å². The molecule has 4 aliphatic rings. The van der Waals surface area contributed by atoms with E-state index in [4.69, 9.17) is 13.8 Å². The van der Waals surface area contributed by atoms with Gasteiger partial charge in [-0.05, 0) is 137 Å². The fraction of sp³-hybridized carbons (Fsp3) is 0.811. The Balaban J connectivity index is 1.27. The number of aliphatic hydroxyl groups is 1. The van der Waals surface area contributed by atoms with Crippen LogP contribution >= 0.6 is 7.75 Å². The number of hydrogen-bond acceptors (Lipinski definition) is 8. The van der Waals surface area contributed by atoms with Gasteiger partial charge in [0.15, 0.2) is 5.78 Å². The summed E-state index contributed by atoms with van der Waals surface area (Å²) in [5.74, 6) is -1.49. The number of rotatable bonds is 14. The molecule has 5 rings (SSSR count). The molecular formula is C37H56F3N2O8P. The SMILES string of the molecule is CC(C)OCC(=O)[C@H](C)NP(=O)(OCC[C@@H](C)[C@H]1CCC2C3C[C@H](C(F)(F)F)C4C[C@H](O)CC[C@]4(C)C3CC[C@@]21C)Oc1ccc([N+](=O)[O-])cc1. The van der Waals surface area contributed by atoms with E-state index in [1.54, 1.807) is 13.8 Å². The molecule has 5 unspecified atom stereocenters. The molecule has 0 heterocycles. The number of alkyl halides is 3. The monoisotopic (exact) mass is 744 g/mol. The van der Waals surface area contributed by atoms with Gasteiger partial charge in [0.1, 0.15) is 12.4 Å². The van der Waals surface area contributed by atoms with Gasteiger partial charge >= 0.3 is 13.9 Å². The second-order valence-electron chi connectivity index (χ2n) is 16.6. The molecule has 51 heavy (non-hydrogen) atoms. The topological polar surface area (TPSA) is 137 Å². The zero-order chi connectivity index (χ0) is 37.5. The lowest BCUT2D eigenvalue weighted by molar-refractivity contribution is -0.384. The van der Waals surface area contributed by atoms with Crippen LogP contribution in [0.25, 0.3) is 0 Å². The van der Waals surface area contributed by atoms with Gasteiger partial charge in [-0.3, -0.25) is 19.4 Å². The van der Waals surface area contributed by atoms with Gasteiger partial charge in [-0.2, -0.15) is 13.2 Å². The molecule has 4 saturated carbocycles. The van der Waals surface area contributed by atoms with Crippen molar-refractivity contribution in [1.29, 1.82) is 0 Å². The van der Waals surface area contributed by atoms with Crippen molar-refractivity contribution in [2.24, 2.45) is 52.3 Å². The Labute approximate surface area is 299 Å². The minimum absolute atomic E-state index is 0.0152. The van der Waals surface area contributed by atoms with Crippen LogP contribution in [-0.2, 0) is 18.6 Å². The van der Waals surface area contributed by atoms with E-state index >= 15 is 0 Å². The molecule has 0 spiro atoms. The lowest BCUT2D eigenvalue weighted by atomic mass is 9.42. The number of nitrogens with zero attached hydrogens (tertiary/aromatic N) is 1. The molecule has 0 aliphatic heterocycles. The molecule has 0 saturated heterocycles. The van der Waals surface area contributed by atoms with Crippen LogP contribution in [-0.4, -0.2) is 53.5 Å². The minimum atomic E-state index is -4.30. The number of fused-ring (bicyclic) bond motifs is 5. The van der Waals surface area contributed by atoms with Crippen molar-refractivity contribution >= 4 is 19.2 Å². The van der Waals surface area contributed by atoms with Crippen molar-refractivity contribution in [3.05, 3.63) is 34.4 Å². The van der Waals surface area contributed by atoms with E-state index in [1.807, 2.05) is 0 Å². The maximum absolute atomic E-state index is 14.6. The summed E-state index contributed by atoms with van der Waals surface area (Å²) in [6.07, 6.45) is 0.550. The van der Waals surface area contributed by atoms with Gasteiger partial charge in [0.2, 0.25) is 0 Å². The summed E-state index contributed by atoms with van der Waals surface area (Å²) in [6, 6.07) is 4.13. The maximum atomic E-state index is 14.6. The first kappa shape index (κ1) is 40.1. The predicted octanol–water partition coefficient (Wildman–Crippen LogP) is 8.90. The first-order valence-electron chi connectivity index (χ1n) is 18.6. The highest BCUT2D eigenvalue weighted by molar-refractivity contribution is 7.52. The van der Waals surface area contributed by atoms with Crippen LogP contribution in [0.5, 0.6) is 5.75 Å². The molecule has 0 aromatic heterocycles. The van der Waals surface area contributed by atoms with Crippen LogP contribution in [0.1, 0.15) is 99.3 Å². The minimum Gasteiger partial charge on any atom is -0.413 e. The summed E-state index contributed by atoms with van der Waals surface area (Å²) in [4.78, 5) is 23.3. The molecule has 14 heteroatoms. The molecular weight excluding hydrogens is 688 g/mol. The lowest BCUT2D eigenvalue weighted by Gasteiger charge is -2.63. The third-order valence-electron chi connectivity index (χ3n) is 13.4. The standard InChI is InChI=1S/C37H56F3N2O8P/c1-22(2)48-21-34(44)24(4)41-51(47,50-27-9-7-25(8-10-27)42(45)46)49-18-15-23(3)29-11-12-30-28-20-33(37(38,39)40)32-19-26(43)13-16-36(32,6)31(28)14-17-35(29,30)5/h7-10,22-24,26,28-33,43H,11-21H2,1-6H3,(H,41,47)/t23-,24+,26-,28?,29-,30?,31?,32?,33+,35-,36-,51?/m1/s1. The number of hydrogen-bond donors (Lipinski definition) is 2. The number of aliphatic hydroxyl groups excluding tert-OH is 1. The number of nitro benzene ring substituents is 1. The normalized spacial score (nSPS) is 35.9. The summed E-state index contributed by atoms with van der Waals surface area (Å²) >= 11 is 0. The first-order chi connectivity index (χ1) is 23.8. The van der Waals surface area contributed by atoms with E-state index in [1.165, 1.54) is 31.2 Å². The van der Waals surface area contributed by atoms with E-state index < -0.39 is 48.2 Å². The number of nitro groups is 1. The Morgan fingerprint density at radius 1 is 1.02 bits per heavy atom. The van der Waals surface area contributed by atoms with Crippen LogP contribution in [0.15, 0.2) is 24.3 Å². The highest BCUT2D eigenvalue weighted by atomic mass is 31.2. The Bertz CT molecular complexity index is 1450. The summed E-state index contributed by atoms with van der Waals surface area (Å²) in [6.45, 7) is 11.4. The van der Waals surface area contributed by atoms with Gasteiger partial charge in [0.05, 0.1) is 35.7 Å². The number of Topliss-reactive ketones (excluding diaryl/α,β-unsaturated/α-hetero) is 1. The quantitative estimate of drug-likeness (QED) is 0.109. The van der Waals surface area contributed by atoms with Crippen LogP contribution in [0, 0.1) is 62.4 Å². The molecule has 4 fully saturated rings. The summed E-state index contributed by atoms with van der Waals surface area (Å²) in [7, 11) is -4.16. The number of carbonyl (C=O) groups excluding carboxylic acids is 1. The summed E-state index contributed by atoms with van der Waals surface area (Å²) in [5.41, 5.74) is -0.735. The molecule has 10 nitrogen and oxygen atoms in total. The second kappa shape index (κ2) is 15.4. The van der Waals surface area contributed by atoms with Crippen molar-refractivity contribution in [2.75, 3.05) is 13.2 Å². The largest absolute Gasteiger partial charge is 0.459 e. The maximum Gasteiger partial charge on any atom is 0.459 e. The smallest absolute Gasteiger partial charge is 0.413 e. The number of nitrogens with one attached hydrogen (secondary N) is 1. The van der Waals surface area contributed by atoms with Crippen LogP contribution in [0.4, 0.5) is 18.9 Å². The van der Waals surface area contributed by atoms with Crippen LogP contribution in [0.2, 0.25) is 0 Å². The average Bonchev–Trinajstić information content (AvgIpc) is 3.40. The van der Waals surface area contributed by atoms with Crippen molar-refractivity contribution in [1.82, 2.24) is 5.09 Å². The number of non-ortho nitro benzene ring substituents is 1. The third-order valence-corrected chi connectivity index (χ3v) is 15.0. The van der Waals surface area contributed by atoms with Crippen molar-refractivity contribution < 1.29 is 46.3 Å². The molecule has 4 aliphatic carbocycles. The van der Waals surface area contributed by atoms with Crippen molar-refractivity contribution in [3.8, 4) is 5.75 Å². The molecule has 1 aromatic carbocycles. The molecule has 0 bridgehead atoms. The summed E-state index contributed by atoms with van der Waals surface area (Å²) < 4.78 is 75.1. The van der Waals surface area contributed by atoms with Gasteiger partial charge in [-0.25, -0.2) is 9.65 Å². The second-order valence-corrected chi connectivity index (χ2v) is 18.3.